The first-order valence-electron chi connectivity index (χ1n) is 7.48. The Balaban J connectivity index is 2.00. The van der Waals surface area contributed by atoms with E-state index in [-0.39, 0.29) is 0 Å². The molecule has 0 spiro atoms. The van der Waals surface area contributed by atoms with Crippen molar-refractivity contribution in [3.63, 3.8) is 0 Å². The lowest BCUT2D eigenvalue weighted by atomic mass is 10.1. The summed E-state index contributed by atoms with van der Waals surface area (Å²) in [5.74, 6) is 0.766. The van der Waals surface area contributed by atoms with Gasteiger partial charge in [-0.25, -0.2) is 4.98 Å². The summed E-state index contributed by atoms with van der Waals surface area (Å²) in [7, 11) is 1.98. The standard InChI is InChI=1S/C18H19N3/c1-3-13-7-9-16(10-8-13)21(2)18-15(12-19)11-14-5-4-6-17(14)20-18/h7-11H,3-6H2,1-2H3. The van der Waals surface area contributed by atoms with Crippen molar-refractivity contribution in [1.82, 2.24) is 4.98 Å². The van der Waals surface area contributed by atoms with Crippen LogP contribution in [0, 0.1) is 11.3 Å². The zero-order chi connectivity index (χ0) is 14.8. The van der Waals surface area contributed by atoms with Crippen LogP contribution in [0.25, 0.3) is 0 Å². The molecule has 0 amide bonds. The molecule has 0 atom stereocenters. The predicted octanol–water partition coefficient (Wildman–Crippen LogP) is 3.77. The maximum Gasteiger partial charge on any atom is 0.151 e. The molecular formula is C18H19N3. The molecule has 0 saturated heterocycles. The minimum absolute atomic E-state index is 0.665. The third-order valence-electron chi connectivity index (χ3n) is 4.20. The van der Waals surface area contributed by atoms with Crippen LogP contribution >= 0.6 is 0 Å². The van der Waals surface area contributed by atoms with Crippen molar-refractivity contribution in [2.45, 2.75) is 32.6 Å². The van der Waals surface area contributed by atoms with Crippen molar-refractivity contribution in [3.05, 3.63) is 52.7 Å². The average Bonchev–Trinajstić information content (AvgIpc) is 3.00. The number of benzene rings is 1. The van der Waals surface area contributed by atoms with Crippen LogP contribution in [0.5, 0.6) is 0 Å². The highest BCUT2D eigenvalue weighted by molar-refractivity contribution is 5.66. The molecule has 3 nitrogen and oxygen atoms in total. The molecule has 1 aromatic heterocycles. The van der Waals surface area contributed by atoms with Crippen molar-refractivity contribution in [2.24, 2.45) is 0 Å². The monoisotopic (exact) mass is 277 g/mol. The number of nitriles is 1. The Kier molecular flexibility index (Phi) is 3.62. The number of aromatic nitrogens is 1. The van der Waals surface area contributed by atoms with E-state index in [1.807, 2.05) is 18.0 Å². The summed E-state index contributed by atoms with van der Waals surface area (Å²) in [6.07, 6.45) is 4.25. The number of nitrogens with zero attached hydrogens (tertiary/aromatic N) is 3. The summed E-state index contributed by atoms with van der Waals surface area (Å²) in [5.41, 5.74) is 5.44. The maximum absolute atomic E-state index is 9.41. The zero-order valence-electron chi connectivity index (χ0n) is 12.6. The second-order valence-corrected chi connectivity index (χ2v) is 5.51. The van der Waals surface area contributed by atoms with Crippen LogP contribution in [0.3, 0.4) is 0 Å². The van der Waals surface area contributed by atoms with Crippen molar-refractivity contribution in [1.29, 1.82) is 5.26 Å². The predicted molar refractivity (Wildman–Crippen MR) is 84.9 cm³/mol. The first-order valence-corrected chi connectivity index (χ1v) is 7.48. The van der Waals surface area contributed by atoms with Gasteiger partial charge < -0.3 is 4.90 Å². The third kappa shape index (κ3) is 2.50. The zero-order valence-corrected chi connectivity index (χ0v) is 12.6. The Morgan fingerprint density at radius 3 is 2.67 bits per heavy atom. The molecule has 3 heteroatoms. The quantitative estimate of drug-likeness (QED) is 0.857. The van der Waals surface area contributed by atoms with Crippen molar-refractivity contribution in [2.75, 3.05) is 11.9 Å². The highest BCUT2D eigenvalue weighted by atomic mass is 15.2. The van der Waals surface area contributed by atoms with Gasteiger partial charge in [-0.2, -0.15) is 5.26 Å². The summed E-state index contributed by atoms with van der Waals surface area (Å²) in [6, 6.07) is 12.8. The minimum atomic E-state index is 0.665. The van der Waals surface area contributed by atoms with Gasteiger partial charge in [-0.3, -0.25) is 0 Å². The van der Waals surface area contributed by atoms with Gasteiger partial charge in [-0.1, -0.05) is 19.1 Å². The van der Waals surface area contributed by atoms with Crippen LogP contribution in [-0.4, -0.2) is 12.0 Å². The smallest absolute Gasteiger partial charge is 0.151 e. The molecule has 1 aromatic carbocycles. The fourth-order valence-corrected chi connectivity index (χ4v) is 2.88. The normalized spacial score (nSPS) is 12.8. The number of hydrogen-bond acceptors (Lipinski definition) is 3. The van der Waals surface area contributed by atoms with Crippen LogP contribution in [0.15, 0.2) is 30.3 Å². The molecule has 3 rings (SSSR count). The van der Waals surface area contributed by atoms with Gasteiger partial charge in [-0.05, 0) is 55.0 Å². The molecule has 0 bridgehead atoms. The molecule has 0 unspecified atom stereocenters. The largest absolute Gasteiger partial charge is 0.328 e. The highest BCUT2D eigenvalue weighted by Crippen LogP contribution is 2.30. The molecule has 2 aromatic rings. The summed E-state index contributed by atoms with van der Waals surface area (Å²) in [6.45, 7) is 2.15. The number of anilines is 2. The van der Waals surface area contributed by atoms with Gasteiger partial charge in [0.15, 0.2) is 5.82 Å². The molecule has 0 aliphatic heterocycles. The van der Waals surface area contributed by atoms with E-state index in [9.17, 15) is 5.26 Å². The Bertz CT molecular complexity index is 696. The van der Waals surface area contributed by atoms with E-state index in [0.29, 0.717) is 5.56 Å². The Morgan fingerprint density at radius 1 is 1.24 bits per heavy atom. The van der Waals surface area contributed by atoms with Crippen LogP contribution < -0.4 is 4.90 Å². The lowest BCUT2D eigenvalue weighted by molar-refractivity contribution is 0.898. The van der Waals surface area contributed by atoms with Crippen LogP contribution in [-0.2, 0) is 19.3 Å². The topological polar surface area (TPSA) is 39.9 Å². The second-order valence-electron chi connectivity index (χ2n) is 5.51. The van der Waals surface area contributed by atoms with Gasteiger partial charge >= 0.3 is 0 Å². The van der Waals surface area contributed by atoms with Gasteiger partial charge in [-0.15, -0.1) is 0 Å². The van der Waals surface area contributed by atoms with E-state index in [4.69, 9.17) is 4.98 Å². The second kappa shape index (κ2) is 5.57. The number of rotatable bonds is 3. The SMILES string of the molecule is CCc1ccc(N(C)c2nc3c(cc2C#N)CCC3)cc1. The van der Waals surface area contributed by atoms with Crippen molar-refractivity contribution >= 4 is 11.5 Å². The summed E-state index contributed by atoms with van der Waals surface area (Å²) >= 11 is 0. The fourth-order valence-electron chi connectivity index (χ4n) is 2.88. The first kappa shape index (κ1) is 13.6. The van der Waals surface area contributed by atoms with E-state index in [0.717, 1.165) is 42.9 Å². The average molecular weight is 277 g/mol. The molecule has 1 heterocycles. The molecule has 0 saturated carbocycles. The van der Waals surface area contributed by atoms with E-state index in [1.165, 1.54) is 11.1 Å². The van der Waals surface area contributed by atoms with E-state index < -0.39 is 0 Å². The van der Waals surface area contributed by atoms with Crippen molar-refractivity contribution in [3.8, 4) is 6.07 Å². The van der Waals surface area contributed by atoms with E-state index in [1.54, 1.807) is 0 Å². The van der Waals surface area contributed by atoms with Gasteiger partial charge in [0.2, 0.25) is 0 Å². The first-order chi connectivity index (χ1) is 10.2. The van der Waals surface area contributed by atoms with Crippen LogP contribution in [0.1, 0.15) is 35.7 Å². The maximum atomic E-state index is 9.41. The molecule has 0 fully saturated rings. The minimum Gasteiger partial charge on any atom is -0.328 e. The van der Waals surface area contributed by atoms with Gasteiger partial charge in [0.25, 0.3) is 0 Å². The lowest BCUT2D eigenvalue weighted by Crippen LogP contribution is -2.14. The molecule has 21 heavy (non-hydrogen) atoms. The fraction of sp³-hybridized carbons (Fsp3) is 0.333. The Hall–Kier alpha value is -2.34. The number of aryl methyl sites for hydroxylation is 3. The van der Waals surface area contributed by atoms with Gasteiger partial charge in [0, 0.05) is 18.4 Å². The van der Waals surface area contributed by atoms with Crippen LogP contribution in [0.2, 0.25) is 0 Å². The lowest BCUT2D eigenvalue weighted by Gasteiger charge is -2.20. The van der Waals surface area contributed by atoms with Crippen LogP contribution in [0.4, 0.5) is 11.5 Å². The molecular weight excluding hydrogens is 258 g/mol. The van der Waals surface area contributed by atoms with Crippen molar-refractivity contribution < 1.29 is 0 Å². The molecule has 1 aliphatic rings. The number of fused-ring (bicyclic) bond motifs is 1. The van der Waals surface area contributed by atoms with Gasteiger partial charge in [0.05, 0.1) is 5.56 Å². The summed E-state index contributed by atoms with van der Waals surface area (Å²) in [4.78, 5) is 6.76. The number of hydrogen-bond donors (Lipinski definition) is 0. The Labute approximate surface area is 125 Å². The van der Waals surface area contributed by atoms with E-state index in [2.05, 4.69) is 37.3 Å². The molecule has 0 radical (unpaired) electrons. The molecule has 106 valence electrons. The summed E-state index contributed by atoms with van der Waals surface area (Å²) in [5, 5.41) is 9.41. The third-order valence-corrected chi connectivity index (χ3v) is 4.20. The Morgan fingerprint density at radius 2 is 2.00 bits per heavy atom. The summed E-state index contributed by atoms with van der Waals surface area (Å²) < 4.78 is 0. The molecule has 0 N–H and O–H groups in total. The van der Waals surface area contributed by atoms with Gasteiger partial charge in [0.1, 0.15) is 6.07 Å². The number of pyridine rings is 1. The van der Waals surface area contributed by atoms with E-state index >= 15 is 0 Å². The molecule has 1 aliphatic carbocycles. The highest BCUT2D eigenvalue weighted by Gasteiger charge is 2.19.